The fourth-order valence-corrected chi connectivity index (χ4v) is 0.714. The van der Waals surface area contributed by atoms with Crippen molar-refractivity contribution in [3.05, 3.63) is 35.9 Å². The summed E-state index contributed by atoms with van der Waals surface area (Å²) in [4.78, 5) is 0. The molecule has 0 aliphatic heterocycles. The first kappa shape index (κ1) is 18.1. The van der Waals surface area contributed by atoms with Gasteiger partial charge in [0.1, 0.15) is 0 Å². The summed E-state index contributed by atoms with van der Waals surface area (Å²) in [6.07, 6.45) is 1.14. The maximum absolute atomic E-state index is 2.16. The van der Waals surface area contributed by atoms with Gasteiger partial charge in [-0.2, -0.15) is 0 Å². The first-order chi connectivity index (χ1) is 5.93. The summed E-state index contributed by atoms with van der Waals surface area (Å²) in [5.41, 5.74) is 1.41. The quantitative estimate of drug-likeness (QED) is 0.577. The van der Waals surface area contributed by atoms with Gasteiger partial charge in [0.15, 0.2) is 0 Å². The van der Waals surface area contributed by atoms with E-state index in [9.17, 15) is 0 Å². The molecule has 0 nitrogen and oxygen atoms in total. The highest BCUT2D eigenvalue weighted by molar-refractivity contribution is 5.13. The molecule has 78 valence electrons. The normalized spacial score (nSPS) is 6.54. The van der Waals surface area contributed by atoms with Gasteiger partial charge in [-0.15, -0.1) is 0 Å². The smallest absolute Gasteiger partial charge is 0.0307 e. The van der Waals surface area contributed by atoms with Crippen molar-refractivity contribution < 1.29 is 0 Å². The van der Waals surface area contributed by atoms with E-state index in [4.69, 9.17) is 0 Å². The number of hydrogen-bond acceptors (Lipinski definition) is 0. The lowest BCUT2D eigenvalue weighted by molar-refractivity contribution is 1.14. The van der Waals surface area contributed by atoms with E-state index >= 15 is 0 Å². The van der Waals surface area contributed by atoms with Gasteiger partial charge >= 0.3 is 0 Å². The minimum Gasteiger partial charge on any atom is -0.0776 e. The summed E-state index contributed by atoms with van der Waals surface area (Å²) in [6, 6.07) is 10.5. The molecule has 0 N–H and O–H groups in total. The second-order valence-electron chi connectivity index (χ2n) is 1.84. The van der Waals surface area contributed by atoms with E-state index in [1.807, 2.05) is 33.8 Å². The molecule has 1 aromatic rings. The fourth-order valence-electron chi connectivity index (χ4n) is 0.714. The first-order valence-electron chi connectivity index (χ1n) is 4.97. The topological polar surface area (TPSA) is 0 Å². The molecule has 0 radical (unpaired) electrons. The molecule has 0 heterocycles. The van der Waals surface area contributed by atoms with Gasteiger partial charge in [-0.1, -0.05) is 72.4 Å². The zero-order chi connectivity index (χ0) is 9.82. The zero-order valence-corrected chi connectivity index (χ0v) is 9.09. The Kier molecular flexibility index (Phi) is 24.1. The summed E-state index contributed by atoms with van der Waals surface area (Å²) in [7, 11) is 0. The molecule has 0 unspecified atom stereocenters. The number of rotatable bonds is 1. The van der Waals surface area contributed by atoms with Gasteiger partial charge in [0.05, 0.1) is 0 Å². The molecule has 1 rings (SSSR count). The second-order valence-corrected chi connectivity index (χ2v) is 1.84. The predicted octanol–water partition coefficient (Wildman–Crippen LogP) is 4.94. The number of aryl methyl sites for hydroxylation is 1. The molecule has 0 aliphatic carbocycles. The van der Waals surface area contributed by atoms with Crippen LogP contribution in [0.4, 0.5) is 0 Å². The third-order valence-corrected chi connectivity index (χ3v) is 1.25. The van der Waals surface area contributed by atoms with Crippen LogP contribution in [0.1, 0.15) is 47.6 Å². The van der Waals surface area contributed by atoms with Crippen molar-refractivity contribution in [3.63, 3.8) is 0 Å². The van der Waals surface area contributed by atoms with Gasteiger partial charge in [-0.25, -0.2) is 0 Å². The Hall–Kier alpha value is -0.780. The van der Waals surface area contributed by atoms with E-state index in [1.54, 1.807) is 0 Å². The Bertz CT molecular complexity index is 141. The van der Waals surface area contributed by atoms with Gasteiger partial charge < -0.3 is 0 Å². The van der Waals surface area contributed by atoms with Crippen molar-refractivity contribution in [2.24, 2.45) is 0 Å². The van der Waals surface area contributed by atoms with Crippen molar-refractivity contribution in [2.45, 2.75) is 48.5 Å². The Morgan fingerprint density at radius 3 is 1.46 bits per heavy atom. The van der Waals surface area contributed by atoms with E-state index in [0.717, 1.165) is 6.42 Å². The minimum atomic E-state index is 0. The summed E-state index contributed by atoms with van der Waals surface area (Å²) in [5, 5.41) is 0. The molecule has 0 aliphatic rings. The molecule has 1 aromatic carbocycles. The van der Waals surface area contributed by atoms with E-state index in [0.29, 0.717) is 0 Å². The molecule has 0 bridgehead atoms. The molecular weight excluding hydrogens is 156 g/mol. The van der Waals surface area contributed by atoms with E-state index < -0.39 is 0 Å². The van der Waals surface area contributed by atoms with Crippen LogP contribution >= 0.6 is 0 Å². The van der Waals surface area contributed by atoms with E-state index in [-0.39, 0.29) is 7.43 Å². The minimum absolute atomic E-state index is 0. The molecule has 0 spiro atoms. The molecule has 0 aromatic heterocycles. The van der Waals surface area contributed by atoms with Crippen LogP contribution in [0.3, 0.4) is 0 Å². The highest BCUT2D eigenvalue weighted by Crippen LogP contribution is 1.96. The van der Waals surface area contributed by atoms with Crippen LogP contribution in [-0.2, 0) is 6.42 Å². The van der Waals surface area contributed by atoms with Gasteiger partial charge in [0.2, 0.25) is 0 Å². The third kappa shape index (κ3) is 11.2. The maximum atomic E-state index is 2.16. The molecule has 0 saturated heterocycles. The fraction of sp³-hybridized carbons (Fsp3) is 0.538. The highest BCUT2D eigenvalue weighted by Gasteiger charge is 1.79. The lowest BCUT2D eigenvalue weighted by atomic mass is 10.2. The highest BCUT2D eigenvalue weighted by atomic mass is 13.9. The van der Waals surface area contributed by atoms with E-state index in [1.165, 1.54) is 5.56 Å². The molecule has 0 saturated carbocycles. The standard InChI is InChI=1S/C8H10.2C2H6.CH4/c1-2-8-6-4-3-5-7-8;2*1-2;/h3-7H,2H2,1H3;2*1-2H3;1H4. The predicted molar refractivity (Wildman–Crippen MR) is 65.2 cm³/mol. The largest absolute Gasteiger partial charge is 0.0776 e. The average molecular weight is 182 g/mol. The van der Waals surface area contributed by atoms with Gasteiger partial charge in [-0.3, -0.25) is 0 Å². The molecule has 0 fully saturated rings. The molecule has 0 amide bonds. The Labute approximate surface area is 85.0 Å². The molecular formula is C13H26. The van der Waals surface area contributed by atoms with Crippen molar-refractivity contribution >= 4 is 0 Å². The Balaban J connectivity index is -0.000000178. The monoisotopic (exact) mass is 182 g/mol. The summed E-state index contributed by atoms with van der Waals surface area (Å²) >= 11 is 0. The molecule has 13 heavy (non-hydrogen) atoms. The van der Waals surface area contributed by atoms with Crippen LogP contribution in [0.25, 0.3) is 0 Å². The summed E-state index contributed by atoms with van der Waals surface area (Å²) in [5.74, 6) is 0. The third-order valence-electron chi connectivity index (χ3n) is 1.25. The number of hydrogen-bond donors (Lipinski definition) is 0. The van der Waals surface area contributed by atoms with Gasteiger partial charge in [-0.05, 0) is 12.0 Å². The lowest BCUT2D eigenvalue weighted by Gasteiger charge is -1.89. The SMILES string of the molecule is C.CC.CC.CCc1ccccc1. The van der Waals surface area contributed by atoms with Crippen LogP contribution in [0.15, 0.2) is 30.3 Å². The van der Waals surface area contributed by atoms with E-state index in [2.05, 4.69) is 31.2 Å². The maximum Gasteiger partial charge on any atom is -0.0307 e. The van der Waals surface area contributed by atoms with Crippen molar-refractivity contribution in [2.75, 3.05) is 0 Å². The van der Waals surface area contributed by atoms with Crippen LogP contribution in [0, 0.1) is 0 Å². The average Bonchev–Trinajstić information content (AvgIpc) is 2.25. The van der Waals surface area contributed by atoms with Crippen LogP contribution < -0.4 is 0 Å². The van der Waals surface area contributed by atoms with Gasteiger partial charge in [0.25, 0.3) is 0 Å². The number of benzene rings is 1. The van der Waals surface area contributed by atoms with Crippen LogP contribution in [-0.4, -0.2) is 0 Å². The lowest BCUT2D eigenvalue weighted by Crippen LogP contribution is -1.73. The van der Waals surface area contributed by atoms with Crippen molar-refractivity contribution in [1.82, 2.24) is 0 Å². The molecule has 0 atom stereocenters. The van der Waals surface area contributed by atoms with Crippen LogP contribution in [0.5, 0.6) is 0 Å². The summed E-state index contributed by atoms with van der Waals surface area (Å²) < 4.78 is 0. The van der Waals surface area contributed by atoms with Crippen LogP contribution in [0.2, 0.25) is 0 Å². The van der Waals surface area contributed by atoms with Gasteiger partial charge in [0, 0.05) is 0 Å². The Morgan fingerprint density at radius 1 is 0.846 bits per heavy atom. The Morgan fingerprint density at radius 2 is 1.23 bits per heavy atom. The van der Waals surface area contributed by atoms with Crippen molar-refractivity contribution in [1.29, 1.82) is 0 Å². The second kappa shape index (κ2) is 17.3. The first-order valence-corrected chi connectivity index (χ1v) is 4.97. The molecule has 0 heteroatoms. The van der Waals surface area contributed by atoms with Crippen molar-refractivity contribution in [3.8, 4) is 0 Å². The zero-order valence-electron chi connectivity index (χ0n) is 9.09. The summed E-state index contributed by atoms with van der Waals surface area (Å²) in [6.45, 7) is 10.2.